The second kappa shape index (κ2) is 14.4. The van der Waals surface area contributed by atoms with E-state index in [1.807, 2.05) is 0 Å². The average Bonchev–Trinajstić information content (AvgIpc) is 2.09. The van der Waals surface area contributed by atoms with Gasteiger partial charge in [-0.15, -0.1) is 0 Å². The molecular formula is C4H9FNa2O13P2. The van der Waals surface area contributed by atoms with Gasteiger partial charge in [-0.2, -0.15) is 0 Å². The summed E-state index contributed by atoms with van der Waals surface area (Å²) in [5.74, 6) is -3.54. The first-order chi connectivity index (χ1) is 8.17. The SMILES string of the molecule is O=C(O)C(O)C(O)C(=O)O.O=P([O-])(O)OP(=O)(O)O.[F-].[Na+].[Na+]. The third-order valence-electron chi connectivity index (χ3n) is 1.01. The summed E-state index contributed by atoms with van der Waals surface area (Å²) in [6.45, 7) is 0. The first-order valence-electron chi connectivity index (χ1n) is 3.80. The van der Waals surface area contributed by atoms with E-state index in [1.165, 1.54) is 0 Å². The van der Waals surface area contributed by atoms with Crippen LogP contribution in [0.4, 0.5) is 0 Å². The molecule has 0 spiro atoms. The summed E-state index contributed by atoms with van der Waals surface area (Å²) < 4.78 is 21.9. The first-order valence-corrected chi connectivity index (χ1v) is 6.82. The fraction of sp³-hybridized carbons (Fsp3) is 0.500. The van der Waals surface area contributed by atoms with Gasteiger partial charge in [0.15, 0.2) is 12.2 Å². The van der Waals surface area contributed by atoms with Gasteiger partial charge < -0.3 is 44.7 Å². The van der Waals surface area contributed by atoms with Crippen LogP contribution in [-0.2, 0) is 23.0 Å². The summed E-state index contributed by atoms with van der Waals surface area (Å²) in [6, 6.07) is 0. The smallest absolute Gasteiger partial charge is 1.00 e. The maximum Gasteiger partial charge on any atom is 1.00 e. The summed E-state index contributed by atoms with van der Waals surface area (Å²) in [7, 11) is -10.4. The minimum atomic E-state index is -5.30. The van der Waals surface area contributed by atoms with Gasteiger partial charge in [0, 0.05) is 0 Å². The van der Waals surface area contributed by atoms with Crippen molar-refractivity contribution in [2.24, 2.45) is 0 Å². The van der Waals surface area contributed by atoms with Gasteiger partial charge in [-0.25, -0.2) is 18.5 Å². The Balaban J connectivity index is -0.0000000774. The molecule has 13 nitrogen and oxygen atoms in total. The van der Waals surface area contributed by atoms with E-state index in [2.05, 4.69) is 4.31 Å². The normalized spacial score (nSPS) is 15.0. The summed E-state index contributed by atoms with van der Waals surface area (Å²) in [5.41, 5.74) is 0. The van der Waals surface area contributed by atoms with E-state index < -0.39 is 39.8 Å². The maximum atomic E-state index is 9.77. The number of hydrogen-bond acceptors (Lipinski definition) is 8. The van der Waals surface area contributed by atoms with Gasteiger partial charge in [-0.05, 0) is 0 Å². The van der Waals surface area contributed by atoms with E-state index >= 15 is 0 Å². The average molecular weight is 392 g/mol. The monoisotopic (exact) mass is 392 g/mol. The van der Waals surface area contributed by atoms with Gasteiger partial charge in [-0.3, -0.25) is 4.57 Å². The molecule has 3 unspecified atom stereocenters. The first kappa shape index (κ1) is 34.4. The zero-order chi connectivity index (χ0) is 16.0. The van der Waals surface area contributed by atoms with Crippen molar-refractivity contribution >= 4 is 27.6 Å². The number of hydrogen-bond donors (Lipinski definition) is 7. The van der Waals surface area contributed by atoms with E-state index in [9.17, 15) is 23.6 Å². The Morgan fingerprint density at radius 1 is 0.909 bits per heavy atom. The Kier molecular flexibility index (Phi) is 22.5. The van der Waals surface area contributed by atoms with Gasteiger partial charge in [0.05, 0.1) is 0 Å². The van der Waals surface area contributed by atoms with Gasteiger partial charge in [-0.1, -0.05) is 0 Å². The Labute approximate surface area is 165 Å². The van der Waals surface area contributed by atoms with Crippen LogP contribution in [0.2, 0.25) is 0 Å². The second-order valence-electron chi connectivity index (χ2n) is 2.61. The summed E-state index contributed by atoms with van der Waals surface area (Å²) in [6.07, 6.45) is -4.53. The van der Waals surface area contributed by atoms with Crippen molar-refractivity contribution in [1.29, 1.82) is 0 Å². The number of aliphatic hydroxyl groups excluding tert-OH is 2. The molecule has 0 aliphatic carbocycles. The minimum Gasteiger partial charge on any atom is -1.00 e. The molecule has 0 amide bonds. The van der Waals surface area contributed by atoms with E-state index in [1.54, 1.807) is 0 Å². The molecule has 0 aromatic carbocycles. The quantitative estimate of drug-likeness (QED) is 0.170. The van der Waals surface area contributed by atoms with Crippen LogP contribution in [0, 0.1) is 0 Å². The number of halogens is 1. The number of aliphatic hydroxyl groups is 2. The Bertz CT molecular complexity index is 380. The van der Waals surface area contributed by atoms with Crippen molar-refractivity contribution in [3.05, 3.63) is 0 Å². The third kappa shape index (κ3) is 23.3. The minimum absolute atomic E-state index is 0. The standard InChI is InChI=1S/C4H6O6.FH.2Na.H4O7P2/c5-1(3(7)8)2(6)4(9)10;;;;1-8(2,3)7-9(4,5)6/h1-2,5-6H,(H,7,8)(H,9,10);1H;;;(H2,1,2,3)(H2,4,5,6)/q;;2*+1;/p-2. The molecule has 0 radical (unpaired) electrons. The topological polar surface area (TPSA) is 242 Å². The van der Waals surface area contributed by atoms with Crippen LogP contribution < -0.4 is 68.7 Å². The van der Waals surface area contributed by atoms with E-state index in [0.29, 0.717) is 0 Å². The predicted molar refractivity (Wildman–Crippen MR) is 50.2 cm³/mol. The molecule has 0 saturated heterocycles. The zero-order valence-electron chi connectivity index (χ0n) is 11.0. The van der Waals surface area contributed by atoms with Crippen LogP contribution in [0.3, 0.4) is 0 Å². The van der Waals surface area contributed by atoms with Crippen molar-refractivity contribution < 1.29 is 127 Å². The molecule has 0 saturated carbocycles. The van der Waals surface area contributed by atoms with Gasteiger partial charge in [0.25, 0.3) is 7.82 Å². The molecule has 0 aromatic heterocycles. The van der Waals surface area contributed by atoms with Crippen molar-refractivity contribution in [3.63, 3.8) is 0 Å². The van der Waals surface area contributed by atoms with Crippen molar-refractivity contribution in [1.82, 2.24) is 0 Å². The molecule has 0 fully saturated rings. The number of carboxylic acid groups (broad SMARTS) is 2. The van der Waals surface area contributed by atoms with Crippen LogP contribution in [0.1, 0.15) is 0 Å². The van der Waals surface area contributed by atoms with Crippen molar-refractivity contribution in [2.45, 2.75) is 12.2 Å². The molecule has 0 aromatic rings. The number of phosphoric acid groups is 2. The molecule has 0 aliphatic heterocycles. The fourth-order valence-electron chi connectivity index (χ4n) is 0.405. The number of aliphatic carboxylic acids is 2. The number of carboxylic acids is 2. The summed E-state index contributed by atoms with van der Waals surface area (Å²) in [5, 5.41) is 32.5. The second-order valence-corrected chi connectivity index (χ2v) is 5.18. The van der Waals surface area contributed by atoms with Crippen LogP contribution in [0.5, 0.6) is 0 Å². The molecule has 0 rings (SSSR count). The molecule has 0 bridgehead atoms. The van der Waals surface area contributed by atoms with Crippen LogP contribution in [-0.4, -0.2) is 59.3 Å². The Morgan fingerprint density at radius 2 is 1.14 bits per heavy atom. The van der Waals surface area contributed by atoms with E-state index in [-0.39, 0.29) is 63.8 Å². The molecule has 7 N–H and O–H groups in total. The largest absolute Gasteiger partial charge is 1.00 e. The van der Waals surface area contributed by atoms with Crippen LogP contribution >= 0.6 is 15.6 Å². The van der Waals surface area contributed by atoms with Crippen LogP contribution in [0.25, 0.3) is 0 Å². The molecule has 122 valence electrons. The number of rotatable bonds is 5. The van der Waals surface area contributed by atoms with E-state index in [0.717, 1.165) is 0 Å². The van der Waals surface area contributed by atoms with Crippen LogP contribution in [0.15, 0.2) is 0 Å². The molecule has 3 atom stereocenters. The Hall–Kier alpha value is 1.05. The molecular weight excluding hydrogens is 383 g/mol. The van der Waals surface area contributed by atoms with E-state index in [4.69, 9.17) is 35.1 Å². The maximum absolute atomic E-state index is 9.77. The predicted octanol–water partition coefficient (Wildman–Crippen LogP) is -12.6. The van der Waals surface area contributed by atoms with Crippen molar-refractivity contribution in [2.75, 3.05) is 0 Å². The Morgan fingerprint density at radius 3 is 1.18 bits per heavy atom. The molecule has 18 heteroatoms. The van der Waals surface area contributed by atoms with Gasteiger partial charge in [0.2, 0.25) is 0 Å². The zero-order valence-corrected chi connectivity index (χ0v) is 16.8. The van der Waals surface area contributed by atoms with Gasteiger partial charge in [0.1, 0.15) is 0 Å². The molecule has 22 heavy (non-hydrogen) atoms. The third-order valence-corrected chi connectivity index (χ3v) is 2.69. The molecule has 0 heterocycles. The fourth-order valence-corrected chi connectivity index (χ4v) is 1.48. The summed E-state index contributed by atoms with van der Waals surface area (Å²) >= 11 is 0. The van der Waals surface area contributed by atoms with Gasteiger partial charge >= 0.3 is 78.9 Å². The molecule has 0 aliphatic rings. The summed E-state index contributed by atoms with van der Waals surface area (Å²) in [4.78, 5) is 52.1. The van der Waals surface area contributed by atoms with Crippen molar-refractivity contribution in [3.8, 4) is 0 Å². The number of carbonyl (C=O) groups is 2.